The first-order valence-electron chi connectivity index (χ1n) is 7.77. The molecule has 0 aliphatic carbocycles. The van der Waals surface area contributed by atoms with Crippen molar-refractivity contribution in [2.24, 2.45) is 5.92 Å². The number of carbonyl (C=O) groups is 1. The van der Waals surface area contributed by atoms with Gasteiger partial charge in [0.15, 0.2) is 5.78 Å². The number of piperidine rings is 1. The van der Waals surface area contributed by atoms with Gasteiger partial charge in [-0.3, -0.25) is 4.79 Å². The van der Waals surface area contributed by atoms with Gasteiger partial charge in [0.05, 0.1) is 13.2 Å². The smallest absolute Gasteiger partial charge is 0.166 e. The van der Waals surface area contributed by atoms with Crippen LogP contribution in [0, 0.1) is 11.7 Å². The molecule has 2 aromatic rings. The van der Waals surface area contributed by atoms with Gasteiger partial charge < -0.3 is 10.1 Å². The molecule has 2 aliphatic rings. The first kappa shape index (κ1) is 13.9. The molecule has 2 atom stereocenters. The number of nitrogens with one attached hydrogen (secondary N) is 1. The van der Waals surface area contributed by atoms with Crippen LogP contribution in [0.3, 0.4) is 0 Å². The molecule has 0 aromatic heterocycles. The molecule has 2 saturated heterocycles. The topological polar surface area (TPSA) is 38.3 Å². The van der Waals surface area contributed by atoms with Crippen molar-refractivity contribution in [1.29, 1.82) is 0 Å². The minimum atomic E-state index is -0.275. The van der Waals surface area contributed by atoms with Gasteiger partial charge in [-0.25, -0.2) is 4.39 Å². The Morgan fingerprint density at radius 3 is 2.45 bits per heavy atom. The first-order chi connectivity index (χ1) is 10.7. The third-order valence-electron chi connectivity index (χ3n) is 4.75. The maximum Gasteiger partial charge on any atom is 0.166 e. The molecule has 2 aromatic carbocycles. The molecular formula is C18H18FNO2. The number of halogens is 1. The summed E-state index contributed by atoms with van der Waals surface area (Å²) in [6, 6.07) is 10.8. The largest absolute Gasteiger partial charge is 0.378 e. The van der Waals surface area contributed by atoms with Crippen molar-refractivity contribution in [2.45, 2.75) is 24.9 Å². The van der Waals surface area contributed by atoms with Crippen molar-refractivity contribution < 1.29 is 13.9 Å². The fourth-order valence-corrected chi connectivity index (χ4v) is 3.75. The van der Waals surface area contributed by atoms with E-state index < -0.39 is 0 Å². The molecule has 114 valence electrons. The zero-order valence-electron chi connectivity index (χ0n) is 12.2. The van der Waals surface area contributed by atoms with Crippen molar-refractivity contribution in [3.63, 3.8) is 0 Å². The molecule has 0 saturated carbocycles. The zero-order chi connectivity index (χ0) is 15.1. The van der Waals surface area contributed by atoms with Gasteiger partial charge in [-0.1, -0.05) is 24.3 Å². The summed E-state index contributed by atoms with van der Waals surface area (Å²) < 4.78 is 19.5. The number of carbonyl (C=O) groups excluding carboxylic acids is 1. The van der Waals surface area contributed by atoms with E-state index in [2.05, 4.69) is 5.32 Å². The molecule has 0 spiro atoms. The van der Waals surface area contributed by atoms with Crippen molar-refractivity contribution in [3.8, 4) is 0 Å². The highest BCUT2D eigenvalue weighted by Crippen LogP contribution is 2.30. The highest BCUT2D eigenvalue weighted by molar-refractivity contribution is 6.09. The lowest BCUT2D eigenvalue weighted by Crippen LogP contribution is -2.55. The van der Waals surface area contributed by atoms with Gasteiger partial charge >= 0.3 is 0 Å². The van der Waals surface area contributed by atoms with Gasteiger partial charge in [0.2, 0.25) is 0 Å². The summed E-state index contributed by atoms with van der Waals surface area (Å²) in [6.07, 6.45) is 1.59. The lowest BCUT2D eigenvalue weighted by atomic mass is 9.81. The van der Waals surface area contributed by atoms with Crippen LogP contribution in [-0.2, 0) is 4.74 Å². The Bertz CT molecular complexity index is 718. The van der Waals surface area contributed by atoms with Crippen molar-refractivity contribution >= 4 is 16.6 Å². The molecule has 3 nitrogen and oxygen atoms in total. The summed E-state index contributed by atoms with van der Waals surface area (Å²) >= 11 is 0. The number of ether oxygens (including phenoxy) is 1. The molecule has 1 N–H and O–H groups in total. The van der Waals surface area contributed by atoms with E-state index in [0.717, 1.165) is 12.8 Å². The fourth-order valence-electron chi connectivity index (χ4n) is 3.75. The maximum atomic E-state index is 13.9. The standard InChI is InChI=1S/C18H18FNO2/c19-17-6-5-16(14-3-1-2-4-15(14)17)18(21)11-7-12-9-22-10-13(8-11)20-12/h1-6,11-13,20H,7-10H2. The van der Waals surface area contributed by atoms with E-state index in [0.29, 0.717) is 29.5 Å². The number of ketones is 1. The minimum Gasteiger partial charge on any atom is -0.378 e. The Morgan fingerprint density at radius 1 is 1.05 bits per heavy atom. The number of hydrogen-bond acceptors (Lipinski definition) is 3. The van der Waals surface area contributed by atoms with Crippen LogP contribution in [0.4, 0.5) is 4.39 Å². The Morgan fingerprint density at radius 2 is 1.73 bits per heavy atom. The van der Waals surface area contributed by atoms with Gasteiger partial charge in [0.1, 0.15) is 5.82 Å². The van der Waals surface area contributed by atoms with Crippen LogP contribution in [0.5, 0.6) is 0 Å². The van der Waals surface area contributed by atoms with E-state index in [4.69, 9.17) is 4.74 Å². The monoisotopic (exact) mass is 299 g/mol. The Balaban J connectivity index is 1.70. The Kier molecular flexibility index (Phi) is 3.43. The summed E-state index contributed by atoms with van der Waals surface area (Å²) in [5.41, 5.74) is 0.642. The van der Waals surface area contributed by atoms with Gasteiger partial charge in [0.25, 0.3) is 0 Å². The summed E-state index contributed by atoms with van der Waals surface area (Å²) in [5.74, 6) is -0.147. The molecule has 0 radical (unpaired) electrons. The predicted molar refractivity (Wildman–Crippen MR) is 82.5 cm³/mol. The van der Waals surface area contributed by atoms with Gasteiger partial charge in [-0.2, -0.15) is 0 Å². The van der Waals surface area contributed by atoms with Gasteiger partial charge in [-0.05, 0) is 30.4 Å². The highest BCUT2D eigenvalue weighted by Gasteiger charge is 2.35. The van der Waals surface area contributed by atoms with Crippen LogP contribution >= 0.6 is 0 Å². The van der Waals surface area contributed by atoms with E-state index in [9.17, 15) is 9.18 Å². The summed E-state index contributed by atoms with van der Waals surface area (Å²) in [6.45, 7) is 1.34. The second kappa shape index (κ2) is 5.45. The summed E-state index contributed by atoms with van der Waals surface area (Å²) in [7, 11) is 0. The third kappa shape index (κ3) is 2.32. The van der Waals surface area contributed by atoms with Crippen molar-refractivity contribution in [1.82, 2.24) is 5.32 Å². The van der Waals surface area contributed by atoms with E-state index in [1.54, 1.807) is 18.2 Å². The van der Waals surface area contributed by atoms with Crippen molar-refractivity contribution in [2.75, 3.05) is 13.2 Å². The zero-order valence-corrected chi connectivity index (χ0v) is 12.2. The predicted octanol–water partition coefficient (Wildman–Crippen LogP) is 2.93. The van der Waals surface area contributed by atoms with E-state index in [1.165, 1.54) is 6.07 Å². The van der Waals surface area contributed by atoms with Crippen molar-refractivity contribution in [3.05, 3.63) is 47.8 Å². The highest BCUT2D eigenvalue weighted by atomic mass is 19.1. The van der Waals surface area contributed by atoms with E-state index >= 15 is 0 Å². The number of benzene rings is 2. The second-order valence-corrected chi connectivity index (χ2v) is 6.27. The normalized spacial score (nSPS) is 27.8. The van der Waals surface area contributed by atoms with E-state index in [-0.39, 0.29) is 29.6 Å². The SMILES string of the molecule is O=C(c1ccc(F)c2ccccc12)C1CC2COCC(C1)N2. The molecule has 4 heteroatoms. The average Bonchev–Trinajstić information content (AvgIpc) is 2.54. The first-order valence-corrected chi connectivity index (χ1v) is 7.77. The quantitative estimate of drug-likeness (QED) is 0.867. The number of fused-ring (bicyclic) bond motifs is 3. The van der Waals surface area contributed by atoms with Gasteiger partial charge in [-0.15, -0.1) is 0 Å². The number of hydrogen-bond donors (Lipinski definition) is 1. The van der Waals surface area contributed by atoms with Gasteiger partial charge in [0, 0.05) is 29.0 Å². The molecule has 2 aliphatic heterocycles. The Hall–Kier alpha value is -1.78. The second-order valence-electron chi connectivity index (χ2n) is 6.27. The number of morpholine rings is 1. The lowest BCUT2D eigenvalue weighted by molar-refractivity contribution is 0.00956. The number of Topliss-reactive ketones (excluding diaryl/α,β-unsaturated/α-hetero) is 1. The molecule has 2 heterocycles. The molecular weight excluding hydrogens is 281 g/mol. The van der Waals surface area contributed by atoms with Crippen LogP contribution in [0.15, 0.2) is 36.4 Å². The third-order valence-corrected chi connectivity index (χ3v) is 4.75. The average molecular weight is 299 g/mol. The summed E-state index contributed by atoms with van der Waals surface area (Å²) in [5, 5.41) is 4.73. The molecule has 22 heavy (non-hydrogen) atoms. The lowest BCUT2D eigenvalue weighted by Gasteiger charge is -2.39. The minimum absolute atomic E-state index is 0.00554. The van der Waals surface area contributed by atoms with Crippen LogP contribution in [0.2, 0.25) is 0 Å². The van der Waals surface area contributed by atoms with Crippen LogP contribution in [-0.4, -0.2) is 31.1 Å². The van der Waals surface area contributed by atoms with Crippen LogP contribution in [0.1, 0.15) is 23.2 Å². The molecule has 2 bridgehead atoms. The van der Waals surface area contributed by atoms with Crippen LogP contribution in [0.25, 0.3) is 10.8 Å². The maximum absolute atomic E-state index is 13.9. The number of rotatable bonds is 2. The molecule has 2 unspecified atom stereocenters. The molecule has 0 amide bonds. The van der Waals surface area contributed by atoms with Crippen LogP contribution < -0.4 is 5.32 Å². The Labute approximate surface area is 128 Å². The molecule has 2 fully saturated rings. The molecule has 4 rings (SSSR count). The fraction of sp³-hybridized carbons (Fsp3) is 0.389. The summed E-state index contributed by atoms with van der Waals surface area (Å²) in [4.78, 5) is 13.0. The van der Waals surface area contributed by atoms with E-state index in [1.807, 2.05) is 12.1 Å².